The highest BCUT2D eigenvalue weighted by Gasteiger charge is 2.23. The molecular formula is C13H19ClN2O2. The van der Waals surface area contributed by atoms with Crippen molar-refractivity contribution in [2.24, 2.45) is 0 Å². The van der Waals surface area contributed by atoms with Gasteiger partial charge in [-0.05, 0) is 25.0 Å². The summed E-state index contributed by atoms with van der Waals surface area (Å²) in [5.74, 6) is -0.171. The Morgan fingerprint density at radius 1 is 1.50 bits per heavy atom. The summed E-state index contributed by atoms with van der Waals surface area (Å²) in [6.45, 7) is 4.31. The Hall–Kier alpha value is -1.13. The van der Waals surface area contributed by atoms with E-state index in [1.54, 1.807) is 23.2 Å². The van der Waals surface area contributed by atoms with Crippen LogP contribution in [0.4, 0.5) is 0 Å². The van der Waals surface area contributed by atoms with Crippen LogP contribution in [-0.4, -0.2) is 40.1 Å². The third-order valence-corrected chi connectivity index (χ3v) is 3.28. The second-order valence-electron chi connectivity index (χ2n) is 4.03. The number of hydrogen-bond donors (Lipinski definition) is 1. The molecule has 0 saturated heterocycles. The highest BCUT2D eigenvalue weighted by Crippen LogP contribution is 2.18. The highest BCUT2D eigenvalue weighted by molar-refractivity contribution is 6.32. The predicted molar refractivity (Wildman–Crippen MR) is 71.7 cm³/mol. The van der Waals surface area contributed by atoms with Gasteiger partial charge in [0.2, 0.25) is 0 Å². The van der Waals surface area contributed by atoms with Crippen LogP contribution in [-0.2, 0) is 0 Å². The van der Waals surface area contributed by atoms with Crippen molar-refractivity contribution in [3.63, 3.8) is 0 Å². The lowest BCUT2D eigenvalue weighted by Crippen LogP contribution is -2.41. The number of aliphatic hydroxyl groups excluding tert-OH is 1. The maximum atomic E-state index is 12.4. The number of aliphatic hydroxyl groups is 1. The van der Waals surface area contributed by atoms with E-state index in [4.69, 9.17) is 16.7 Å². The molecule has 1 rings (SSSR count). The second kappa shape index (κ2) is 7.34. The summed E-state index contributed by atoms with van der Waals surface area (Å²) in [6.07, 6.45) is 3.24. The number of aromatic nitrogens is 1. The number of pyridine rings is 1. The van der Waals surface area contributed by atoms with Crippen molar-refractivity contribution in [3.8, 4) is 0 Å². The van der Waals surface area contributed by atoms with Gasteiger partial charge >= 0.3 is 0 Å². The molecule has 1 heterocycles. The molecular weight excluding hydrogens is 252 g/mol. The van der Waals surface area contributed by atoms with E-state index < -0.39 is 0 Å². The first-order valence-corrected chi connectivity index (χ1v) is 6.55. The van der Waals surface area contributed by atoms with E-state index in [2.05, 4.69) is 4.98 Å². The van der Waals surface area contributed by atoms with Gasteiger partial charge in [0.15, 0.2) is 0 Å². The molecule has 1 aromatic rings. The molecule has 0 spiro atoms. The topological polar surface area (TPSA) is 53.4 Å². The summed E-state index contributed by atoms with van der Waals surface area (Å²) in [7, 11) is 0. The average Bonchev–Trinajstić information content (AvgIpc) is 2.39. The van der Waals surface area contributed by atoms with Crippen molar-refractivity contribution >= 4 is 17.5 Å². The van der Waals surface area contributed by atoms with Crippen LogP contribution < -0.4 is 0 Å². The van der Waals surface area contributed by atoms with Crippen molar-refractivity contribution in [1.82, 2.24) is 9.88 Å². The highest BCUT2D eigenvalue weighted by atomic mass is 35.5. The molecule has 0 fully saturated rings. The Morgan fingerprint density at radius 2 is 2.17 bits per heavy atom. The summed E-state index contributed by atoms with van der Waals surface area (Å²) in [6, 6.07) is 3.45. The summed E-state index contributed by atoms with van der Waals surface area (Å²) in [4.78, 5) is 18.0. The molecule has 0 aliphatic carbocycles. The molecule has 1 aromatic heterocycles. The monoisotopic (exact) mass is 270 g/mol. The molecule has 1 amide bonds. The lowest BCUT2D eigenvalue weighted by Gasteiger charge is -2.30. The maximum Gasteiger partial charge on any atom is 0.257 e. The quantitative estimate of drug-likeness (QED) is 0.808. The summed E-state index contributed by atoms with van der Waals surface area (Å²) in [5.41, 5.74) is 0.388. The molecule has 100 valence electrons. The lowest BCUT2D eigenvalue weighted by molar-refractivity contribution is 0.0622. The Balaban J connectivity index is 2.99. The summed E-state index contributed by atoms with van der Waals surface area (Å²) >= 11 is 5.93. The van der Waals surface area contributed by atoms with Crippen LogP contribution in [0.5, 0.6) is 0 Å². The normalized spacial score (nSPS) is 10.7. The van der Waals surface area contributed by atoms with Crippen molar-refractivity contribution in [2.75, 3.05) is 13.2 Å². The van der Waals surface area contributed by atoms with Gasteiger partial charge in [0.05, 0.1) is 12.2 Å². The van der Waals surface area contributed by atoms with Crippen LogP contribution in [0.15, 0.2) is 18.3 Å². The first-order chi connectivity index (χ1) is 8.65. The van der Waals surface area contributed by atoms with Gasteiger partial charge in [-0.15, -0.1) is 0 Å². The van der Waals surface area contributed by atoms with Crippen LogP contribution in [0.1, 0.15) is 37.0 Å². The molecule has 0 atom stereocenters. The van der Waals surface area contributed by atoms with E-state index in [0.717, 1.165) is 12.8 Å². The number of rotatable bonds is 6. The molecule has 0 aliphatic heterocycles. The standard InChI is InChI=1S/C13H19ClN2O2/c1-3-10(4-2)16(8-9-17)13(18)11-6-5-7-15-12(11)14/h5-7,10,17H,3-4,8-9H2,1-2H3. The van der Waals surface area contributed by atoms with Gasteiger partial charge in [-0.2, -0.15) is 0 Å². The molecule has 0 radical (unpaired) electrons. The number of carbonyl (C=O) groups is 1. The Labute approximate surface area is 113 Å². The number of halogens is 1. The fourth-order valence-corrected chi connectivity index (χ4v) is 2.19. The Kier molecular flexibility index (Phi) is 6.09. The van der Waals surface area contributed by atoms with E-state index in [1.165, 1.54) is 0 Å². The minimum Gasteiger partial charge on any atom is -0.395 e. The predicted octanol–water partition coefficient (Wildman–Crippen LogP) is 2.36. The maximum absolute atomic E-state index is 12.4. The molecule has 0 bridgehead atoms. The largest absolute Gasteiger partial charge is 0.395 e. The molecule has 0 aromatic carbocycles. The van der Waals surface area contributed by atoms with Gasteiger partial charge in [0.25, 0.3) is 5.91 Å². The van der Waals surface area contributed by atoms with E-state index in [-0.39, 0.29) is 23.7 Å². The smallest absolute Gasteiger partial charge is 0.257 e. The molecule has 5 heteroatoms. The third kappa shape index (κ3) is 3.43. The number of amides is 1. The SMILES string of the molecule is CCC(CC)N(CCO)C(=O)c1cccnc1Cl. The zero-order valence-corrected chi connectivity index (χ0v) is 11.5. The van der Waals surface area contributed by atoms with E-state index in [0.29, 0.717) is 12.1 Å². The fourth-order valence-electron chi connectivity index (χ4n) is 1.99. The van der Waals surface area contributed by atoms with Crippen molar-refractivity contribution < 1.29 is 9.90 Å². The minimum atomic E-state index is -0.171. The zero-order valence-electron chi connectivity index (χ0n) is 10.8. The minimum absolute atomic E-state index is 0.0554. The number of carbonyl (C=O) groups excluding carboxylic acids is 1. The van der Waals surface area contributed by atoms with E-state index >= 15 is 0 Å². The van der Waals surface area contributed by atoms with Gasteiger partial charge in [0.1, 0.15) is 5.15 Å². The first-order valence-electron chi connectivity index (χ1n) is 6.18. The van der Waals surface area contributed by atoms with Gasteiger partial charge < -0.3 is 10.0 Å². The molecule has 4 nitrogen and oxygen atoms in total. The Bertz CT molecular complexity index is 394. The van der Waals surface area contributed by atoms with Crippen LogP contribution in [0.3, 0.4) is 0 Å². The van der Waals surface area contributed by atoms with Gasteiger partial charge in [-0.25, -0.2) is 4.98 Å². The molecule has 18 heavy (non-hydrogen) atoms. The Morgan fingerprint density at radius 3 is 2.67 bits per heavy atom. The lowest BCUT2D eigenvalue weighted by atomic mass is 10.1. The van der Waals surface area contributed by atoms with Crippen molar-refractivity contribution in [1.29, 1.82) is 0 Å². The van der Waals surface area contributed by atoms with Gasteiger partial charge in [-0.3, -0.25) is 4.79 Å². The van der Waals surface area contributed by atoms with Crippen LogP contribution in [0, 0.1) is 0 Å². The molecule has 0 unspecified atom stereocenters. The van der Waals surface area contributed by atoms with Gasteiger partial charge in [0, 0.05) is 18.8 Å². The number of hydrogen-bond acceptors (Lipinski definition) is 3. The van der Waals surface area contributed by atoms with Crippen LogP contribution in [0.2, 0.25) is 5.15 Å². The second-order valence-corrected chi connectivity index (χ2v) is 4.39. The van der Waals surface area contributed by atoms with E-state index in [1.807, 2.05) is 13.8 Å². The van der Waals surface area contributed by atoms with Crippen LogP contribution in [0.25, 0.3) is 0 Å². The average molecular weight is 271 g/mol. The summed E-state index contributed by atoms with van der Waals surface area (Å²) in [5, 5.41) is 9.30. The number of nitrogens with zero attached hydrogens (tertiary/aromatic N) is 2. The van der Waals surface area contributed by atoms with Crippen LogP contribution >= 0.6 is 11.6 Å². The first kappa shape index (κ1) is 14.9. The van der Waals surface area contributed by atoms with Crippen molar-refractivity contribution in [3.05, 3.63) is 29.0 Å². The van der Waals surface area contributed by atoms with Crippen molar-refractivity contribution in [2.45, 2.75) is 32.7 Å². The van der Waals surface area contributed by atoms with E-state index in [9.17, 15) is 4.79 Å². The molecule has 0 aliphatic rings. The molecule has 0 saturated carbocycles. The third-order valence-electron chi connectivity index (χ3n) is 2.97. The van der Waals surface area contributed by atoms with Gasteiger partial charge in [-0.1, -0.05) is 25.4 Å². The molecule has 1 N–H and O–H groups in total. The zero-order chi connectivity index (χ0) is 13.5. The summed E-state index contributed by atoms with van der Waals surface area (Å²) < 4.78 is 0. The fraction of sp³-hybridized carbons (Fsp3) is 0.538.